The second-order valence-corrected chi connectivity index (χ2v) is 4.36. The van der Waals surface area contributed by atoms with Gasteiger partial charge in [0.05, 0.1) is 6.04 Å². The molecule has 1 unspecified atom stereocenters. The quantitative estimate of drug-likeness (QED) is 0.789. The zero-order chi connectivity index (χ0) is 11.7. The van der Waals surface area contributed by atoms with Crippen molar-refractivity contribution in [1.29, 1.82) is 0 Å². The fourth-order valence-electron chi connectivity index (χ4n) is 2.51. The molecule has 1 aliphatic rings. The van der Waals surface area contributed by atoms with Gasteiger partial charge in [-0.1, -0.05) is 42.5 Å². The Labute approximate surface area is 100 Å². The van der Waals surface area contributed by atoms with Crippen LogP contribution in [0.1, 0.15) is 22.7 Å². The Morgan fingerprint density at radius 2 is 1.82 bits per heavy atom. The molecule has 0 saturated carbocycles. The summed E-state index contributed by atoms with van der Waals surface area (Å²) in [5.41, 5.74) is 3.06. The van der Waals surface area contributed by atoms with Crippen molar-refractivity contribution in [3.63, 3.8) is 0 Å². The predicted molar refractivity (Wildman–Crippen MR) is 66.4 cm³/mol. The van der Waals surface area contributed by atoms with Crippen molar-refractivity contribution in [2.24, 2.45) is 0 Å². The van der Waals surface area contributed by atoms with Crippen LogP contribution in [0, 0.1) is 5.82 Å². The number of fused-ring (bicyclic) bond motifs is 1. The first-order valence-corrected chi connectivity index (χ1v) is 5.92. The first kappa shape index (κ1) is 10.5. The topological polar surface area (TPSA) is 12.0 Å². The summed E-state index contributed by atoms with van der Waals surface area (Å²) >= 11 is 0. The van der Waals surface area contributed by atoms with Crippen LogP contribution in [0.4, 0.5) is 4.39 Å². The van der Waals surface area contributed by atoms with Gasteiger partial charge in [0.2, 0.25) is 0 Å². The van der Waals surface area contributed by atoms with Crippen molar-refractivity contribution >= 4 is 0 Å². The van der Waals surface area contributed by atoms with Crippen LogP contribution in [0.5, 0.6) is 0 Å². The van der Waals surface area contributed by atoms with E-state index in [2.05, 4.69) is 5.32 Å². The zero-order valence-electron chi connectivity index (χ0n) is 9.49. The van der Waals surface area contributed by atoms with Gasteiger partial charge >= 0.3 is 0 Å². The molecule has 2 aromatic rings. The Balaban J connectivity index is 2.11. The highest BCUT2D eigenvalue weighted by molar-refractivity contribution is 5.40. The molecule has 0 spiro atoms. The van der Waals surface area contributed by atoms with E-state index in [9.17, 15) is 4.39 Å². The van der Waals surface area contributed by atoms with Gasteiger partial charge in [0.25, 0.3) is 0 Å². The number of halogens is 1. The maximum Gasteiger partial charge on any atom is 0.128 e. The van der Waals surface area contributed by atoms with Crippen molar-refractivity contribution in [3.8, 4) is 0 Å². The summed E-state index contributed by atoms with van der Waals surface area (Å²) in [6.45, 7) is 0.899. The number of hydrogen-bond donors (Lipinski definition) is 1. The van der Waals surface area contributed by atoms with Gasteiger partial charge in [-0.05, 0) is 23.6 Å². The minimum atomic E-state index is -0.108. The van der Waals surface area contributed by atoms with Gasteiger partial charge in [-0.2, -0.15) is 0 Å². The fraction of sp³-hybridized carbons (Fsp3) is 0.200. The molecule has 86 valence electrons. The molecule has 1 N–H and O–H groups in total. The van der Waals surface area contributed by atoms with E-state index in [1.54, 1.807) is 12.1 Å². The van der Waals surface area contributed by atoms with Gasteiger partial charge in [0.15, 0.2) is 0 Å². The van der Waals surface area contributed by atoms with Crippen LogP contribution in [-0.4, -0.2) is 6.54 Å². The molecule has 0 saturated heterocycles. The van der Waals surface area contributed by atoms with Crippen LogP contribution in [0.2, 0.25) is 0 Å². The van der Waals surface area contributed by atoms with Gasteiger partial charge in [-0.25, -0.2) is 4.39 Å². The number of benzene rings is 2. The number of nitrogens with one attached hydrogen (secondary N) is 1. The van der Waals surface area contributed by atoms with E-state index in [1.807, 2.05) is 36.4 Å². The lowest BCUT2D eigenvalue weighted by Crippen LogP contribution is -2.31. The van der Waals surface area contributed by atoms with Crippen molar-refractivity contribution in [2.45, 2.75) is 12.5 Å². The third-order valence-corrected chi connectivity index (χ3v) is 3.31. The Morgan fingerprint density at radius 1 is 1.00 bits per heavy atom. The molecule has 1 aliphatic heterocycles. The van der Waals surface area contributed by atoms with E-state index in [0.29, 0.717) is 0 Å². The molecule has 0 aliphatic carbocycles. The fourth-order valence-corrected chi connectivity index (χ4v) is 2.51. The lowest BCUT2D eigenvalue weighted by atomic mass is 9.89. The summed E-state index contributed by atoms with van der Waals surface area (Å²) in [7, 11) is 0. The molecule has 2 aromatic carbocycles. The maximum atomic E-state index is 14.0. The van der Waals surface area contributed by atoms with Gasteiger partial charge < -0.3 is 5.32 Å². The van der Waals surface area contributed by atoms with Crippen LogP contribution < -0.4 is 5.32 Å². The number of rotatable bonds is 1. The highest BCUT2D eigenvalue weighted by Gasteiger charge is 2.23. The summed E-state index contributed by atoms with van der Waals surface area (Å²) in [5.74, 6) is -0.108. The highest BCUT2D eigenvalue weighted by Crippen LogP contribution is 2.30. The largest absolute Gasteiger partial charge is 0.306 e. The lowest BCUT2D eigenvalue weighted by Gasteiger charge is -2.27. The summed E-state index contributed by atoms with van der Waals surface area (Å²) < 4.78 is 14.0. The summed E-state index contributed by atoms with van der Waals surface area (Å²) in [6, 6.07) is 15.4. The second kappa shape index (κ2) is 4.30. The molecule has 0 radical (unpaired) electrons. The van der Waals surface area contributed by atoms with Gasteiger partial charge in [0.1, 0.15) is 5.82 Å². The molecule has 0 amide bonds. The third-order valence-electron chi connectivity index (χ3n) is 3.31. The van der Waals surface area contributed by atoms with Gasteiger partial charge in [-0.15, -0.1) is 0 Å². The molecule has 3 rings (SSSR count). The smallest absolute Gasteiger partial charge is 0.128 e. The minimum Gasteiger partial charge on any atom is -0.306 e. The molecule has 0 bridgehead atoms. The maximum absolute atomic E-state index is 14.0. The summed E-state index contributed by atoms with van der Waals surface area (Å²) in [4.78, 5) is 0. The van der Waals surface area contributed by atoms with E-state index in [1.165, 1.54) is 0 Å². The van der Waals surface area contributed by atoms with Crippen molar-refractivity contribution in [1.82, 2.24) is 5.32 Å². The van der Waals surface area contributed by atoms with Crippen LogP contribution in [0.3, 0.4) is 0 Å². The first-order valence-electron chi connectivity index (χ1n) is 5.92. The van der Waals surface area contributed by atoms with Crippen molar-refractivity contribution in [2.75, 3.05) is 6.54 Å². The normalized spacial score (nSPS) is 18.8. The Hall–Kier alpha value is -1.67. The summed E-state index contributed by atoms with van der Waals surface area (Å²) in [5, 5.41) is 3.39. The third kappa shape index (κ3) is 1.85. The average Bonchev–Trinajstić information content (AvgIpc) is 2.39. The molecular weight excluding hydrogens is 213 g/mol. The molecule has 0 fully saturated rings. The lowest BCUT2D eigenvalue weighted by molar-refractivity contribution is 0.518. The van der Waals surface area contributed by atoms with E-state index in [4.69, 9.17) is 0 Å². The molecule has 1 nitrogen and oxygen atoms in total. The number of hydrogen-bond acceptors (Lipinski definition) is 1. The molecule has 1 heterocycles. The van der Waals surface area contributed by atoms with E-state index in [-0.39, 0.29) is 11.9 Å². The average molecular weight is 227 g/mol. The zero-order valence-corrected chi connectivity index (χ0v) is 9.49. The van der Waals surface area contributed by atoms with E-state index in [0.717, 1.165) is 29.7 Å². The molecule has 17 heavy (non-hydrogen) atoms. The standard InChI is InChI=1S/C15H14FN/c16-13-8-4-7-11-9-10-17-15(14(11)13)12-5-2-1-3-6-12/h1-8,15,17H,9-10H2. The minimum absolute atomic E-state index is 0.0128. The molecule has 1 atom stereocenters. The SMILES string of the molecule is Fc1cccc2c1C(c1ccccc1)NCC2. The van der Waals surface area contributed by atoms with Crippen LogP contribution >= 0.6 is 0 Å². The monoisotopic (exact) mass is 227 g/mol. The summed E-state index contributed by atoms with van der Waals surface area (Å²) in [6.07, 6.45) is 0.899. The molecule has 0 aromatic heterocycles. The Morgan fingerprint density at radius 3 is 2.65 bits per heavy atom. The Kier molecular flexibility index (Phi) is 2.65. The van der Waals surface area contributed by atoms with Crippen LogP contribution in [0.25, 0.3) is 0 Å². The van der Waals surface area contributed by atoms with Crippen LogP contribution in [-0.2, 0) is 6.42 Å². The van der Waals surface area contributed by atoms with Crippen LogP contribution in [0.15, 0.2) is 48.5 Å². The van der Waals surface area contributed by atoms with E-state index >= 15 is 0 Å². The second-order valence-electron chi connectivity index (χ2n) is 4.36. The predicted octanol–water partition coefficient (Wildman–Crippen LogP) is 3.06. The van der Waals surface area contributed by atoms with Crippen molar-refractivity contribution < 1.29 is 4.39 Å². The first-order chi connectivity index (χ1) is 8.36. The van der Waals surface area contributed by atoms with Gasteiger partial charge in [-0.3, -0.25) is 0 Å². The van der Waals surface area contributed by atoms with Crippen molar-refractivity contribution in [3.05, 3.63) is 71.0 Å². The van der Waals surface area contributed by atoms with Gasteiger partial charge in [0, 0.05) is 12.1 Å². The Bertz CT molecular complexity index is 522. The van der Waals surface area contributed by atoms with E-state index < -0.39 is 0 Å². The molecule has 2 heteroatoms. The molecular formula is C15H14FN. The highest BCUT2D eigenvalue weighted by atomic mass is 19.1.